The van der Waals surface area contributed by atoms with Crippen LogP contribution in [0.3, 0.4) is 0 Å². The molecule has 0 saturated heterocycles. The van der Waals surface area contributed by atoms with E-state index in [1.54, 1.807) is 0 Å². The van der Waals surface area contributed by atoms with Gasteiger partial charge in [0.05, 0.1) is 0 Å². The molecule has 1 aromatic carbocycles. The van der Waals surface area contributed by atoms with Gasteiger partial charge in [-0.05, 0) is 12.1 Å². The molecule has 18 heavy (non-hydrogen) atoms. The molecule has 0 spiro atoms. The maximum atomic E-state index is 11.1. The van der Waals surface area contributed by atoms with Gasteiger partial charge >= 0.3 is 0 Å². The van der Waals surface area contributed by atoms with Crippen molar-refractivity contribution in [1.82, 2.24) is 19.8 Å². The average Bonchev–Trinajstić information content (AvgIpc) is 2.88. The van der Waals surface area contributed by atoms with Crippen LogP contribution in [-0.4, -0.2) is 25.7 Å². The van der Waals surface area contributed by atoms with E-state index >= 15 is 0 Å². The molecule has 8 heteroatoms. The minimum absolute atomic E-state index is 0.0459. The SMILES string of the molecule is NC(=O)c1nnc2sc(-c3ccc(Br)cc3)nn12. The van der Waals surface area contributed by atoms with Crippen LogP contribution in [0.5, 0.6) is 0 Å². The minimum atomic E-state index is -0.643. The molecule has 0 saturated carbocycles. The Morgan fingerprint density at radius 2 is 2.00 bits per heavy atom. The summed E-state index contributed by atoms with van der Waals surface area (Å²) in [5.74, 6) is -0.597. The molecule has 0 aliphatic heterocycles. The van der Waals surface area contributed by atoms with Gasteiger partial charge in [-0.1, -0.05) is 39.4 Å². The van der Waals surface area contributed by atoms with Gasteiger partial charge in [0.15, 0.2) is 0 Å². The number of benzene rings is 1. The highest BCUT2D eigenvalue weighted by Gasteiger charge is 2.16. The summed E-state index contributed by atoms with van der Waals surface area (Å²) in [6.07, 6.45) is 0. The number of hydrogen-bond donors (Lipinski definition) is 1. The highest BCUT2D eigenvalue weighted by Crippen LogP contribution is 2.26. The number of amides is 1. The molecule has 0 unspecified atom stereocenters. The van der Waals surface area contributed by atoms with Gasteiger partial charge in [0.1, 0.15) is 5.01 Å². The lowest BCUT2D eigenvalue weighted by atomic mass is 10.2. The Bertz CT molecular complexity index is 732. The zero-order chi connectivity index (χ0) is 12.7. The Hall–Kier alpha value is -1.80. The number of carbonyl (C=O) groups is 1. The summed E-state index contributed by atoms with van der Waals surface area (Å²) in [7, 11) is 0. The van der Waals surface area contributed by atoms with Crippen LogP contribution in [0.15, 0.2) is 28.7 Å². The van der Waals surface area contributed by atoms with Gasteiger partial charge in [0.25, 0.3) is 5.91 Å². The molecule has 0 radical (unpaired) electrons. The molecule has 3 rings (SSSR count). The van der Waals surface area contributed by atoms with Gasteiger partial charge < -0.3 is 5.73 Å². The first kappa shape index (κ1) is 11.3. The summed E-state index contributed by atoms with van der Waals surface area (Å²) >= 11 is 4.72. The third-order valence-electron chi connectivity index (χ3n) is 2.30. The van der Waals surface area contributed by atoms with Gasteiger partial charge in [-0.15, -0.1) is 10.2 Å². The van der Waals surface area contributed by atoms with E-state index in [1.807, 2.05) is 24.3 Å². The molecule has 2 heterocycles. The van der Waals surface area contributed by atoms with Gasteiger partial charge in [-0.2, -0.15) is 9.61 Å². The fourth-order valence-corrected chi connectivity index (χ4v) is 2.59. The Labute approximate surface area is 114 Å². The highest BCUT2D eigenvalue weighted by molar-refractivity contribution is 9.10. The van der Waals surface area contributed by atoms with E-state index in [0.717, 1.165) is 15.0 Å². The molecule has 2 aromatic heterocycles. The van der Waals surface area contributed by atoms with Gasteiger partial charge in [-0.25, -0.2) is 0 Å². The van der Waals surface area contributed by atoms with Crippen LogP contribution in [0.1, 0.15) is 10.6 Å². The first-order valence-corrected chi connectivity index (χ1v) is 6.54. The third-order valence-corrected chi connectivity index (χ3v) is 3.78. The van der Waals surface area contributed by atoms with E-state index in [0.29, 0.717) is 4.96 Å². The van der Waals surface area contributed by atoms with E-state index < -0.39 is 5.91 Å². The quantitative estimate of drug-likeness (QED) is 0.777. The van der Waals surface area contributed by atoms with Crippen molar-refractivity contribution in [3.8, 4) is 10.6 Å². The molecule has 0 bridgehead atoms. The van der Waals surface area contributed by atoms with E-state index in [-0.39, 0.29) is 5.82 Å². The van der Waals surface area contributed by atoms with Crippen LogP contribution < -0.4 is 5.73 Å². The number of rotatable bonds is 2. The molecule has 6 nitrogen and oxygen atoms in total. The lowest BCUT2D eigenvalue weighted by Gasteiger charge is -1.94. The van der Waals surface area contributed by atoms with Gasteiger partial charge in [0.2, 0.25) is 10.8 Å². The van der Waals surface area contributed by atoms with Crippen molar-refractivity contribution < 1.29 is 4.79 Å². The fourth-order valence-electron chi connectivity index (χ4n) is 1.48. The number of nitrogens with zero attached hydrogens (tertiary/aromatic N) is 4. The molecular formula is C10H6BrN5OS. The number of hydrogen-bond acceptors (Lipinski definition) is 5. The van der Waals surface area contributed by atoms with Crippen molar-refractivity contribution in [1.29, 1.82) is 0 Å². The maximum Gasteiger partial charge on any atom is 0.288 e. The van der Waals surface area contributed by atoms with Crippen molar-refractivity contribution in [2.24, 2.45) is 5.73 Å². The van der Waals surface area contributed by atoms with Crippen LogP contribution in [0.25, 0.3) is 15.5 Å². The molecule has 2 N–H and O–H groups in total. The van der Waals surface area contributed by atoms with Crippen LogP contribution in [0.2, 0.25) is 0 Å². The molecule has 0 aliphatic carbocycles. The lowest BCUT2D eigenvalue weighted by molar-refractivity contribution is 0.0988. The first-order valence-electron chi connectivity index (χ1n) is 4.93. The van der Waals surface area contributed by atoms with Crippen molar-refractivity contribution in [3.63, 3.8) is 0 Å². The van der Waals surface area contributed by atoms with Crippen LogP contribution in [0.4, 0.5) is 0 Å². The minimum Gasteiger partial charge on any atom is -0.363 e. The summed E-state index contributed by atoms with van der Waals surface area (Å²) in [5.41, 5.74) is 6.14. The van der Waals surface area contributed by atoms with Gasteiger partial charge in [-0.3, -0.25) is 4.79 Å². The van der Waals surface area contributed by atoms with Crippen molar-refractivity contribution in [3.05, 3.63) is 34.6 Å². The number of fused-ring (bicyclic) bond motifs is 1. The number of carbonyl (C=O) groups excluding carboxylic acids is 1. The smallest absolute Gasteiger partial charge is 0.288 e. The Morgan fingerprint density at radius 3 is 2.67 bits per heavy atom. The standard InChI is InChI=1S/C10H6BrN5OS/c11-6-3-1-5(2-4-6)9-15-16-8(7(12)17)13-14-10(16)18-9/h1-4H,(H2,12,17). The average molecular weight is 324 g/mol. The molecule has 3 aromatic rings. The predicted octanol–water partition coefficient (Wildman–Crippen LogP) is 1.71. The number of nitrogens with two attached hydrogens (primary N) is 1. The second-order valence-electron chi connectivity index (χ2n) is 3.50. The fraction of sp³-hybridized carbons (Fsp3) is 0. The van der Waals surface area contributed by atoms with Crippen molar-refractivity contribution in [2.75, 3.05) is 0 Å². The molecular weight excluding hydrogens is 318 g/mol. The topological polar surface area (TPSA) is 86.2 Å². The van der Waals surface area contributed by atoms with Crippen LogP contribution in [0, 0.1) is 0 Å². The van der Waals surface area contributed by atoms with E-state index in [4.69, 9.17) is 5.73 Å². The molecule has 0 aliphatic rings. The molecule has 0 atom stereocenters. The monoisotopic (exact) mass is 323 g/mol. The summed E-state index contributed by atoms with van der Waals surface area (Å²) in [6, 6.07) is 7.71. The van der Waals surface area contributed by atoms with E-state index in [2.05, 4.69) is 31.2 Å². The summed E-state index contributed by atoms with van der Waals surface area (Å²) < 4.78 is 2.36. The maximum absolute atomic E-state index is 11.1. The number of aromatic nitrogens is 4. The third kappa shape index (κ3) is 1.79. The zero-order valence-corrected chi connectivity index (χ0v) is 11.3. The molecule has 0 fully saturated rings. The van der Waals surface area contributed by atoms with E-state index in [9.17, 15) is 4.79 Å². The second kappa shape index (κ2) is 4.14. The van der Waals surface area contributed by atoms with Gasteiger partial charge in [0, 0.05) is 10.0 Å². The zero-order valence-electron chi connectivity index (χ0n) is 8.87. The normalized spacial score (nSPS) is 10.9. The molecule has 90 valence electrons. The second-order valence-corrected chi connectivity index (χ2v) is 5.37. The Balaban J connectivity index is 2.13. The largest absolute Gasteiger partial charge is 0.363 e. The summed E-state index contributed by atoms with van der Waals surface area (Å²) in [4.78, 5) is 11.7. The summed E-state index contributed by atoms with van der Waals surface area (Å²) in [5, 5.41) is 12.6. The Kier molecular flexibility index (Phi) is 2.60. The lowest BCUT2D eigenvalue weighted by Crippen LogP contribution is -2.15. The van der Waals surface area contributed by atoms with E-state index in [1.165, 1.54) is 15.9 Å². The van der Waals surface area contributed by atoms with Crippen molar-refractivity contribution in [2.45, 2.75) is 0 Å². The predicted molar refractivity (Wildman–Crippen MR) is 70.3 cm³/mol. The van der Waals surface area contributed by atoms with Crippen molar-refractivity contribution >= 4 is 38.1 Å². The number of halogens is 1. The Morgan fingerprint density at radius 1 is 1.28 bits per heavy atom. The van der Waals surface area contributed by atoms with Crippen LogP contribution in [-0.2, 0) is 0 Å². The number of primary amides is 1. The highest BCUT2D eigenvalue weighted by atomic mass is 79.9. The summed E-state index contributed by atoms with van der Waals surface area (Å²) in [6.45, 7) is 0. The van der Waals surface area contributed by atoms with Crippen LogP contribution >= 0.6 is 27.3 Å². The first-order chi connectivity index (χ1) is 8.65. The molecule has 1 amide bonds.